The van der Waals surface area contributed by atoms with Gasteiger partial charge in [0.1, 0.15) is 5.75 Å². The van der Waals surface area contributed by atoms with E-state index >= 15 is 0 Å². The van der Waals surface area contributed by atoms with Crippen LogP contribution in [0.5, 0.6) is 5.75 Å². The molecule has 0 spiro atoms. The van der Waals surface area contributed by atoms with Gasteiger partial charge in [-0.05, 0) is 62.1 Å². The van der Waals surface area contributed by atoms with Crippen molar-refractivity contribution in [3.05, 3.63) is 58.1 Å². The summed E-state index contributed by atoms with van der Waals surface area (Å²) in [6, 6.07) is 11.6. The standard InChI is InChI=1S/C19H22ClNO2/c1-13-9-10-14(2)18(12-13)23-11-5-8-19(22)21-17-7-4-6-16(20)15(17)3/h4,6-7,9-10,12H,5,8,11H2,1-3H3,(H,21,22). The van der Waals surface area contributed by atoms with Crippen LogP contribution in [0.15, 0.2) is 36.4 Å². The van der Waals surface area contributed by atoms with Crippen molar-refractivity contribution < 1.29 is 9.53 Å². The van der Waals surface area contributed by atoms with E-state index in [2.05, 4.69) is 11.4 Å². The number of rotatable bonds is 6. The molecule has 0 unspecified atom stereocenters. The van der Waals surface area contributed by atoms with Crippen molar-refractivity contribution >= 4 is 23.2 Å². The van der Waals surface area contributed by atoms with Crippen molar-refractivity contribution in [2.45, 2.75) is 33.6 Å². The lowest BCUT2D eigenvalue weighted by Crippen LogP contribution is -2.13. The van der Waals surface area contributed by atoms with Crippen LogP contribution in [0.1, 0.15) is 29.5 Å². The van der Waals surface area contributed by atoms with Gasteiger partial charge in [0.05, 0.1) is 6.61 Å². The number of hydrogen-bond donors (Lipinski definition) is 1. The van der Waals surface area contributed by atoms with E-state index in [0.717, 1.165) is 22.6 Å². The van der Waals surface area contributed by atoms with Crippen LogP contribution in [0, 0.1) is 20.8 Å². The number of anilines is 1. The van der Waals surface area contributed by atoms with Crippen molar-refractivity contribution in [1.82, 2.24) is 0 Å². The van der Waals surface area contributed by atoms with Crippen molar-refractivity contribution in [2.24, 2.45) is 0 Å². The van der Waals surface area contributed by atoms with E-state index in [1.165, 1.54) is 5.56 Å². The molecule has 0 bridgehead atoms. The minimum Gasteiger partial charge on any atom is -0.493 e. The SMILES string of the molecule is Cc1ccc(C)c(OCCCC(=O)Nc2cccc(Cl)c2C)c1. The van der Waals surface area contributed by atoms with Crippen molar-refractivity contribution in [2.75, 3.05) is 11.9 Å². The molecule has 0 aliphatic heterocycles. The van der Waals surface area contributed by atoms with Gasteiger partial charge in [0.25, 0.3) is 0 Å². The largest absolute Gasteiger partial charge is 0.493 e. The number of benzene rings is 2. The number of nitrogens with one attached hydrogen (secondary N) is 1. The topological polar surface area (TPSA) is 38.3 Å². The summed E-state index contributed by atoms with van der Waals surface area (Å²) in [5.41, 5.74) is 3.92. The summed E-state index contributed by atoms with van der Waals surface area (Å²) in [4.78, 5) is 12.0. The van der Waals surface area contributed by atoms with Crippen LogP contribution < -0.4 is 10.1 Å². The maximum atomic E-state index is 12.0. The molecule has 0 aliphatic rings. The molecule has 0 saturated carbocycles. The molecule has 0 radical (unpaired) electrons. The molecule has 0 aromatic heterocycles. The number of carbonyl (C=O) groups is 1. The van der Waals surface area contributed by atoms with Crippen LogP contribution in [0.2, 0.25) is 5.02 Å². The summed E-state index contributed by atoms with van der Waals surface area (Å²) in [5.74, 6) is 0.857. The summed E-state index contributed by atoms with van der Waals surface area (Å²) in [7, 11) is 0. The molecule has 122 valence electrons. The Morgan fingerprint density at radius 1 is 1.17 bits per heavy atom. The third-order valence-corrected chi connectivity index (χ3v) is 4.10. The Hall–Kier alpha value is -2.00. The van der Waals surface area contributed by atoms with Crippen molar-refractivity contribution in [1.29, 1.82) is 0 Å². The Bertz CT molecular complexity index is 698. The zero-order chi connectivity index (χ0) is 16.8. The fourth-order valence-electron chi connectivity index (χ4n) is 2.23. The fraction of sp³-hybridized carbons (Fsp3) is 0.316. The van der Waals surface area contributed by atoms with Gasteiger partial charge < -0.3 is 10.1 Å². The maximum absolute atomic E-state index is 12.0. The normalized spacial score (nSPS) is 10.4. The smallest absolute Gasteiger partial charge is 0.224 e. The lowest BCUT2D eigenvalue weighted by atomic mass is 10.1. The van der Waals surface area contributed by atoms with E-state index in [1.54, 1.807) is 0 Å². The number of amides is 1. The van der Waals surface area contributed by atoms with E-state index in [9.17, 15) is 4.79 Å². The molecule has 23 heavy (non-hydrogen) atoms. The molecule has 1 amide bonds. The summed E-state index contributed by atoms with van der Waals surface area (Å²) in [6.45, 7) is 6.46. The molecular formula is C19H22ClNO2. The van der Waals surface area contributed by atoms with Crippen LogP contribution in [0.25, 0.3) is 0 Å². The maximum Gasteiger partial charge on any atom is 0.224 e. The van der Waals surface area contributed by atoms with Gasteiger partial charge in [-0.25, -0.2) is 0 Å². The predicted molar refractivity (Wildman–Crippen MR) is 95.5 cm³/mol. The van der Waals surface area contributed by atoms with Gasteiger partial charge in [-0.1, -0.05) is 29.8 Å². The molecule has 0 atom stereocenters. The first kappa shape index (κ1) is 17.4. The summed E-state index contributed by atoms with van der Waals surface area (Å²) < 4.78 is 5.76. The zero-order valence-electron chi connectivity index (χ0n) is 13.8. The Labute approximate surface area is 142 Å². The first-order valence-electron chi connectivity index (χ1n) is 7.72. The number of carbonyl (C=O) groups excluding carboxylic acids is 1. The highest BCUT2D eigenvalue weighted by Crippen LogP contribution is 2.23. The number of aryl methyl sites for hydroxylation is 2. The lowest BCUT2D eigenvalue weighted by molar-refractivity contribution is -0.116. The highest BCUT2D eigenvalue weighted by atomic mass is 35.5. The Morgan fingerprint density at radius 2 is 1.96 bits per heavy atom. The first-order valence-corrected chi connectivity index (χ1v) is 8.10. The highest BCUT2D eigenvalue weighted by molar-refractivity contribution is 6.31. The number of ether oxygens (including phenoxy) is 1. The molecular weight excluding hydrogens is 310 g/mol. The quantitative estimate of drug-likeness (QED) is 0.751. The van der Waals surface area contributed by atoms with E-state index in [1.807, 2.05) is 51.1 Å². The van der Waals surface area contributed by atoms with Crippen molar-refractivity contribution in [3.63, 3.8) is 0 Å². The molecule has 0 aliphatic carbocycles. The van der Waals surface area contributed by atoms with Crippen LogP contribution in [-0.4, -0.2) is 12.5 Å². The Balaban J connectivity index is 1.79. The second-order valence-corrected chi connectivity index (χ2v) is 6.09. The number of halogens is 1. The summed E-state index contributed by atoms with van der Waals surface area (Å²) in [5, 5.41) is 3.55. The van der Waals surface area contributed by atoms with Gasteiger partial charge in [0.2, 0.25) is 5.91 Å². The van der Waals surface area contributed by atoms with Gasteiger partial charge in [0.15, 0.2) is 0 Å². The van der Waals surface area contributed by atoms with Gasteiger partial charge in [-0.2, -0.15) is 0 Å². The molecule has 2 aromatic rings. The Morgan fingerprint density at radius 3 is 2.74 bits per heavy atom. The molecule has 0 heterocycles. The Kier molecular flexibility index (Phi) is 6.05. The molecule has 0 saturated heterocycles. The average Bonchev–Trinajstić information content (AvgIpc) is 2.51. The van der Waals surface area contributed by atoms with Gasteiger partial charge in [0, 0.05) is 17.1 Å². The number of hydrogen-bond acceptors (Lipinski definition) is 2. The van der Waals surface area contributed by atoms with Crippen LogP contribution in [0.4, 0.5) is 5.69 Å². The van der Waals surface area contributed by atoms with Gasteiger partial charge in [-0.15, -0.1) is 0 Å². The van der Waals surface area contributed by atoms with Gasteiger partial charge in [-0.3, -0.25) is 4.79 Å². The fourth-order valence-corrected chi connectivity index (χ4v) is 2.41. The second kappa shape index (κ2) is 8.02. The van der Waals surface area contributed by atoms with E-state index in [-0.39, 0.29) is 5.91 Å². The lowest BCUT2D eigenvalue weighted by Gasteiger charge is -2.11. The molecule has 2 rings (SSSR count). The molecule has 4 heteroatoms. The predicted octanol–water partition coefficient (Wildman–Crippen LogP) is 5.06. The first-order chi connectivity index (χ1) is 11.0. The molecule has 0 fully saturated rings. The van der Waals surface area contributed by atoms with Crippen LogP contribution in [-0.2, 0) is 4.79 Å². The summed E-state index contributed by atoms with van der Waals surface area (Å²) in [6.07, 6.45) is 1.08. The second-order valence-electron chi connectivity index (χ2n) is 5.68. The summed E-state index contributed by atoms with van der Waals surface area (Å²) >= 11 is 6.05. The van der Waals surface area contributed by atoms with E-state index in [4.69, 9.17) is 16.3 Å². The molecule has 1 N–H and O–H groups in total. The van der Waals surface area contributed by atoms with Crippen molar-refractivity contribution in [3.8, 4) is 5.75 Å². The minimum absolute atomic E-state index is 0.0278. The monoisotopic (exact) mass is 331 g/mol. The average molecular weight is 332 g/mol. The third kappa shape index (κ3) is 5.00. The molecule has 2 aromatic carbocycles. The highest BCUT2D eigenvalue weighted by Gasteiger charge is 2.07. The van der Waals surface area contributed by atoms with Crippen LogP contribution in [0.3, 0.4) is 0 Å². The third-order valence-electron chi connectivity index (χ3n) is 3.69. The van der Waals surface area contributed by atoms with E-state index < -0.39 is 0 Å². The van der Waals surface area contributed by atoms with Crippen LogP contribution >= 0.6 is 11.6 Å². The van der Waals surface area contributed by atoms with Gasteiger partial charge >= 0.3 is 0 Å². The minimum atomic E-state index is -0.0278. The molecule has 3 nitrogen and oxygen atoms in total. The van der Waals surface area contributed by atoms with E-state index in [0.29, 0.717) is 24.5 Å². The zero-order valence-corrected chi connectivity index (χ0v) is 14.5.